The molecule has 14 heteroatoms. The first-order valence-corrected chi connectivity index (χ1v) is 19.7. The number of carbonyl (C=O) groups is 3. The van der Waals surface area contributed by atoms with E-state index in [1.54, 1.807) is 43.0 Å². The molecule has 50 heavy (non-hydrogen) atoms. The average molecular weight is 735 g/mol. The van der Waals surface area contributed by atoms with Crippen LogP contribution in [-0.4, -0.2) is 78.7 Å². The Hall–Kier alpha value is -2.99. The second kappa shape index (κ2) is 20.2. The fourth-order valence-electron chi connectivity index (χ4n) is 6.62. The lowest BCUT2D eigenvalue weighted by Gasteiger charge is -2.35. The third kappa shape index (κ3) is 12.1. The van der Waals surface area contributed by atoms with Crippen LogP contribution in [-0.2, 0) is 34.5 Å². The second-order valence-electron chi connectivity index (χ2n) is 12.8. The van der Waals surface area contributed by atoms with E-state index in [2.05, 4.69) is 16.0 Å². The number of aliphatic hydroxyl groups excluding tert-OH is 1. The van der Waals surface area contributed by atoms with Crippen LogP contribution in [0.1, 0.15) is 82.4 Å². The summed E-state index contributed by atoms with van der Waals surface area (Å²) in [7, 11) is -4.12. The Kier molecular flexibility index (Phi) is 16.0. The van der Waals surface area contributed by atoms with Crippen LogP contribution >= 0.6 is 19.2 Å². The molecular formula is C36H52ClN4O8P. The topological polar surface area (TPSA) is 156 Å². The van der Waals surface area contributed by atoms with Crippen LogP contribution in [0.5, 0.6) is 0 Å². The molecule has 3 amide bonds. The van der Waals surface area contributed by atoms with E-state index in [9.17, 15) is 24.1 Å². The lowest BCUT2D eigenvalue weighted by molar-refractivity contribution is -0.133. The number of rotatable bonds is 17. The summed E-state index contributed by atoms with van der Waals surface area (Å²) in [5, 5.41) is 21.0. The van der Waals surface area contributed by atoms with Gasteiger partial charge in [0, 0.05) is 37.1 Å². The molecular weight excluding hydrogens is 683 g/mol. The van der Waals surface area contributed by atoms with Crippen LogP contribution in [0.2, 0.25) is 5.02 Å². The molecule has 1 saturated heterocycles. The first kappa shape index (κ1) is 39.8. The van der Waals surface area contributed by atoms with Crippen molar-refractivity contribution in [3.05, 3.63) is 70.7 Å². The van der Waals surface area contributed by atoms with Gasteiger partial charge in [-0.2, -0.15) is 0 Å². The van der Waals surface area contributed by atoms with Crippen LogP contribution < -0.4 is 16.0 Å². The monoisotopic (exact) mass is 734 g/mol. The smallest absolute Gasteiger partial charge is 0.408 e. The van der Waals surface area contributed by atoms with Crippen molar-refractivity contribution in [3.63, 3.8) is 0 Å². The zero-order valence-electron chi connectivity index (χ0n) is 29.1. The Morgan fingerprint density at radius 3 is 2.42 bits per heavy atom. The number of amides is 3. The SMILES string of the molecule is CCOP(=O)(OCC)C(O)C(CCC(=O)N1CCNC(c2ccccc2)C1)NC(=O)C(CC1CCCCC1)NC(=O)OCc1cccc(Cl)c1. The van der Waals surface area contributed by atoms with Gasteiger partial charge in [-0.15, -0.1) is 0 Å². The Bertz CT molecular complexity index is 1420. The van der Waals surface area contributed by atoms with E-state index < -0.39 is 37.5 Å². The fourth-order valence-corrected chi connectivity index (χ4v) is 8.60. The van der Waals surface area contributed by atoms with Crippen molar-refractivity contribution >= 4 is 37.1 Å². The highest BCUT2D eigenvalue weighted by Crippen LogP contribution is 2.53. The molecule has 2 aliphatic rings. The van der Waals surface area contributed by atoms with E-state index in [-0.39, 0.29) is 50.5 Å². The summed E-state index contributed by atoms with van der Waals surface area (Å²) >= 11 is 6.07. The Morgan fingerprint density at radius 1 is 1.02 bits per heavy atom. The minimum Gasteiger partial charge on any atom is -0.445 e. The summed E-state index contributed by atoms with van der Waals surface area (Å²) in [6.45, 7) is 4.78. The lowest BCUT2D eigenvalue weighted by atomic mass is 9.84. The van der Waals surface area contributed by atoms with E-state index in [4.69, 9.17) is 25.4 Å². The highest BCUT2D eigenvalue weighted by Gasteiger charge is 2.42. The molecule has 1 saturated carbocycles. The van der Waals surface area contributed by atoms with E-state index in [0.717, 1.165) is 37.7 Å². The van der Waals surface area contributed by atoms with Gasteiger partial charge in [0.15, 0.2) is 5.85 Å². The van der Waals surface area contributed by atoms with Crippen LogP contribution in [0.4, 0.5) is 4.79 Å². The first-order chi connectivity index (χ1) is 24.1. The van der Waals surface area contributed by atoms with Gasteiger partial charge in [-0.05, 0) is 55.9 Å². The third-order valence-electron chi connectivity index (χ3n) is 9.19. The Balaban J connectivity index is 1.48. The normalized spacial score (nSPS) is 18.9. The number of benzene rings is 2. The molecule has 1 aliphatic heterocycles. The number of halogens is 1. The molecule has 4 N–H and O–H groups in total. The third-order valence-corrected chi connectivity index (χ3v) is 11.7. The second-order valence-corrected chi connectivity index (χ2v) is 15.4. The van der Waals surface area contributed by atoms with Crippen molar-refractivity contribution in [2.75, 3.05) is 32.8 Å². The van der Waals surface area contributed by atoms with Crippen molar-refractivity contribution in [1.82, 2.24) is 20.9 Å². The quantitative estimate of drug-likeness (QED) is 0.145. The van der Waals surface area contributed by atoms with Gasteiger partial charge in [0.1, 0.15) is 12.6 Å². The van der Waals surface area contributed by atoms with Gasteiger partial charge in [-0.25, -0.2) is 4.79 Å². The highest BCUT2D eigenvalue weighted by molar-refractivity contribution is 7.54. The maximum absolute atomic E-state index is 14.0. The van der Waals surface area contributed by atoms with Gasteiger partial charge in [0.2, 0.25) is 11.8 Å². The molecule has 12 nitrogen and oxygen atoms in total. The average Bonchev–Trinajstić information content (AvgIpc) is 3.12. The number of nitrogens with zero attached hydrogens (tertiary/aromatic N) is 1. The first-order valence-electron chi connectivity index (χ1n) is 17.7. The number of nitrogens with one attached hydrogen (secondary N) is 3. The van der Waals surface area contributed by atoms with Crippen molar-refractivity contribution < 1.29 is 37.8 Å². The van der Waals surface area contributed by atoms with Crippen molar-refractivity contribution in [3.8, 4) is 0 Å². The molecule has 1 aliphatic carbocycles. The molecule has 4 atom stereocenters. The van der Waals surface area contributed by atoms with Crippen LogP contribution in [0.25, 0.3) is 0 Å². The van der Waals surface area contributed by atoms with Crippen LogP contribution in [0.3, 0.4) is 0 Å². The Morgan fingerprint density at radius 2 is 1.74 bits per heavy atom. The molecule has 4 rings (SSSR count). The number of carbonyl (C=O) groups excluding carboxylic acids is 3. The standard InChI is InChI=1S/C36H52ClN4O8P/c1-3-48-50(46,49-4-2)35(44)30(18-19-33(42)41-21-20-38-32(24-41)28-15-9-6-10-16-28)39-34(43)31(23-26-12-7-5-8-13-26)40-36(45)47-25-27-14-11-17-29(37)22-27/h6,9-11,14-17,22,26,30-32,35,38,44H,3-5,7-8,12-13,18-21,23-25H2,1-2H3,(H,39,43)(H,40,45). The molecule has 0 bridgehead atoms. The number of ether oxygens (including phenoxy) is 1. The van der Waals surface area contributed by atoms with E-state index >= 15 is 0 Å². The van der Waals surface area contributed by atoms with Crippen molar-refractivity contribution in [1.29, 1.82) is 0 Å². The van der Waals surface area contributed by atoms with Gasteiger partial charge in [-0.3, -0.25) is 14.2 Å². The van der Waals surface area contributed by atoms with E-state index in [0.29, 0.717) is 36.6 Å². The number of alkyl carbamates (subject to hydrolysis) is 1. The predicted molar refractivity (Wildman–Crippen MR) is 192 cm³/mol. The maximum atomic E-state index is 14.0. The summed E-state index contributed by atoms with van der Waals surface area (Å²) in [5.41, 5.74) is 1.76. The summed E-state index contributed by atoms with van der Waals surface area (Å²) in [5.74, 6) is -2.31. The largest absolute Gasteiger partial charge is 0.445 e. The molecule has 1 heterocycles. The van der Waals surface area contributed by atoms with Gasteiger partial charge >= 0.3 is 13.7 Å². The molecule has 4 unspecified atom stereocenters. The molecule has 2 aromatic carbocycles. The molecule has 0 radical (unpaired) electrons. The molecule has 0 spiro atoms. The van der Waals surface area contributed by atoms with Gasteiger partial charge in [0.25, 0.3) is 0 Å². The number of hydrogen-bond donors (Lipinski definition) is 4. The minimum absolute atomic E-state index is 0.0000848. The number of aliphatic hydroxyl groups is 1. The van der Waals surface area contributed by atoms with E-state index in [1.807, 2.05) is 30.3 Å². The fraction of sp³-hybridized carbons (Fsp3) is 0.583. The predicted octanol–water partition coefficient (Wildman–Crippen LogP) is 5.93. The molecule has 2 aromatic rings. The summed E-state index contributed by atoms with van der Waals surface area (Å²) in [6, 6.07) is 14.6. The highest BCUT2D eigenvalue weighted by atomic mass is 35.5. The van der Waals surface area contributed by atoms with Gasteiger partial charge in [-0.1, -0.05) is 86.2 Å². The Labute approximate surface area is 300 Å². The van der Waals surface area contributed by atoms with Crippen molar-refractivity contribution in [2.45, 2.75) is 95.8 Å². The van der Waals surface area contributed by atoms with Gasteiger partial charge in [0.05, 0.1) is 19.3 Å². The van der Waals surface area contributed by atoms with Gasteiger partial charge < -0.3 is 39.7 Å². The van der Waals surface area contributed by atoms with Crippen LogP contribution in [0.15, 0.2) is 54.6 Å². The number of hydrogen-bond acceptors (Lipinski definition) is 9. The summed E-state index contributed by atoms with van der Waals surface area (Å²) < 4.78 is 30.1. The molecule has 0 aromatic heterocycles. The summed E-state index contributed by atoms with van der Waals surface area (Å²) in [4.78, 5) is 42.3. The summed E-state index contributed by atoms with van der Waals surface area (Å²) in [6.07, 6.45) is 4.52. The zero-order chi connectivity index (χ0) is 35.9. The van der Waals surface area contributed by atoms with Crippen molar-refractivity contribution in [2.24, 2.45) is 5.92 Å². The lowest BCUT2D eigenvalue weighted by Crippen LogP contribution is -2.53. The van der Waals surface area contributed by atoms with Crippen LogP contribution in [0, 0.1) is 5.92 Å². The minimum atomic E-state index is -4.12. The maximum Gasteiger partial charge on any atom is 0.408 e. The zero-order valence-corrected chi connectivity index (χ0v) is 30.7. The molecule has 276 valence electrons. The number of piperazine rings is 1. The van der Waals surface area contributed by atoms with E-state index in [1.165, 1.54) is 0 Å². The molecule has 2 fully saturated rings.